The number of ether oxygens (including phenoxy) is 1. The second kappa shape index (κ2) is 7.19. The van der Waals surface area contributed by atoms with Crippen molar-refractivity contribution < 1.29 is 17.9 Å². The largest absolute Gasteiger partial charge is 0.444 e. The third kappa shape index (κ3) is 4.69. The van der Waals surface area contributed by atoms with E-state index in [1.54, 1.807) is 20.8 Å². The van der Waals surface area contributed by atoms with Crippen LogP contribution in [0.15, 0.2) is 17.0 Å². The highest BCUT2D eigenvalue weighted by molar-refractivity contribution is 7.89. The maximum atomic E-state index is 12.8. The SMILES string of the molecule is CC(C)(C)OC(=O)N1CCN(S(=O)(=O)c2c(Cl)cc(N)cc2Cl)CC1. The Morgan fingerprint density at radius 1 is 1.12 bits per heavy atom. The van der Waals surface area contributed by atoms with Crippen LogP contribution in [0.5, 0.6) is 0 Å². The standard InChI is InChI=1S/C15H21Cl2N3O4S/c1-15(2,3)24-14(21)19-4-6-20(7-5-19)25(22,23)13-11(16)8-10(18)9-12(13)17/h8-9H,4-7,18H2,1-3H3. The summed E-state index contributed by atoms with van der Waals surface area (Å²) in [5.74, 6) is 0. The second-order valence-corrected chi connectivity index (χ2v) is 9.37. The highest BCUT2D eigenvalue weighted by Gasteiger charge is 2.34. The van der Waals surface area contributed by atoms with Gasteiger partial charge in [0.05, 0.1) is 10.0 Å². The fourth-order valence-electron chi connectivity index (χ4n) is 2.39. The van der Waals surface area contributed by atoms with Crippen LogP contribution in [0, 0.1) is 0 Å². The first-order valence-corrected chi connectivity index (χ1v) is 9.84. The number of benzene rings is 1. The maximum absolute atomic E-state index is 12.8. The zero-order valence-electron chi connectivity index (χ0n) is 14.3. The molecule has 25 heavy (non-hydrogen) atoms. The lowest BCUT2D eigenvalue weighted by atomic mass is 10.2. The predicted octanol–water partition coefficient (Wildman–Crippen LogP) is 2.82. The van der Waals surface area contributed by atoms with Gasteiger partial charge in [-0.15, -0.1) is 0 Å². The molecule has 0 bridgehead atoms. The monoisotopic (exact) mass is 409 g/mol. The Labute approximate surface area is 157 Å². The molecule has 0 saturated carbocycles. The van der Waals surface area contributed by atoms with Crippen LogP contribution < -0.4 is 5.73 Å². The molecule has 1 amide bonds. The van der Waals surface area contributed by atoms with Crippen molar-refractivity contribution in [3.63, 3.8) is 0 Å². The van der Waals surface area contributed by atoms with Crippen molar-refractivity contribution in [2.75, 3.05) is 31.9 Å². The zero-order valence-corrected chi connectivity index (χ0v) is 16.6. The Balaban J connectivity index is 2.14. The van der Waals surface area contributed by atoms with Crippen LogP contribution in [0.25, 0.3) is 0 Å². The average molecular weight is 410 g/mol. The van der Waals surface area contributed by atoms with Gasteiger partial charge in [-0.25, -0.2) is 13.2 Å². The number of nitrogen functional groups attached to an aromatic ring is 1. The molecule has 1 heterocycles. The van der Waals surface area contributed by atoms with E-state index in [4.69, 9.17) is 33.7 Å². The molecular formula is C15H21Cl2N3O4S. The van der Waals surface area contributed by atoms with Gasteiger partial charge >= 0.3 is 6.09 Å². The summed E-state index contributed by atoms with van der Waals surface area (Å²) in [5, 5.41) is -0.0563. The Kier molecular flexibility index (Phi) is 5.78. The summed E-state index contributed by atoms with van der Waals surface area (Å²) in [6, 6.07) is 2.69. The average Bonchev–Trinajstić information content (AvgIpc) is 2.44. The number of carbonyl (C=O) groups excluding carboxylic acids is 1. The molecule has 10 heteroatoms. The molecule has 0 unspecified atom stereocenters. The van der Waals surface area contributed by atoms with Gasteiger partial charge in [-0.05, 0) is 32.9 Å². The number of hydrogen-bond acceptors (Lipinski definition) is 5. The molecule has 0 radical (unpaired) electrons. The number of piperazine rings is 1. The fourth-order valence-corrected chi connectivity index (χ4v) is 4.99. The van der Waals surface area contributed by atoms with Gasteiger partial charge in [0.1, 0.15) is 10.5 Å². The number of carbonyl (C=O) groups is 1. The third-order valence-electron chi connectivity index (χ3n) is 3.51. The van der Waals surface area contributed by atoms with Gasteiger partial charge in [-0.2, -0.15) is 4.31 Å². The molecule has 0 atom stereocenters. The van der Waals surface area contributed by atoms with E-state index in [2.05, 4.69) is 0 Å². The zero-order chi connectivity index (χ0) is 19.0. The highest BCUT2D eigenvalue weighted by Crippen LogP contribution is 2.34. The van der Waals surface area contributed by atoms with Gasteiger partial charge in [0, 0.05) is 31.9 Å². The van der Waals surface area contributed by atoms with E-state index in [1.165, 1.54) is 21.3 Å². The van der Waals surface area contributed by atoms with Crippen molar-refractivity contribution in [1.29, 1.82) is 0 Å². The summed E-state index contributed by atoms with van der Waals surface area (Å²) in [4.78, 5) is 13.4. The number of hydrogen-bond donors (Lipinski definition) is 1. The van der Waals surface area contributed by atoms with Gasteiger partial charge in [0.2, 0.25) is 10.0 Å². The molecule has 1 aliphatic heterocycles. The Bertz CT molecular complexity index is 746. The van der Waals surface area contributed by atoms with Crippen LogP contribution in [0.4, 0.5) is 10.5 Å². The molecule has 140 valence electrons. The number of nitrogens with zero attached hydrogens (tertiary/aromatic N) is 2. The van der Waals surface area contributed by atoms with E-state index in [9.17, 15) is 13.2 Å². The first-order chi connectivity index (χ1) is 11.4. The lowest BCUT2D eigenvalue weighted by molar-refractivity contribution is 0.0192. The first kappa shape index (κ1) is 20.1. The Hall–Kier alpha value is -1.22. The van der Waals surface area contributed by atoms with Crippen LogP contribution in [0.2, 0.25) is 10.0 Å². The molecule has 7 nitrogen and oxygen atoms in total. The van der Waals surface area contributed by atoms with Crippen molar-refractivity contribution in [2.45, 2.75) is 31.3 Å². The molecule has 0 aromatic heterocycles. The lowest BCUT2D eigenvalue weighted by Gasteiger charge is -2.35. The molecule has 1 aromatic carbocycles. The van der Waals surface area contributed by atoms with E-state index in [0.29, 0.717) is 0 Å². The quantitative estimate of drug-likeness (QED) is 0.757. The normalized spacial score (nSPS) is 16.8. The number of rotatable bonds is 2. The maximum Gasteiger partial charge on any atom is 0.410 e. The van der Waals surface area contributed by atoms with Crippen molar-refractivity contribution in [1.82, 2.24) is 9.21 Å². The number of halogens is 2. The minimum absolute atomic E-state index is 0.0282. The Morgan fingerprint density at radius 3 is 2.04 bits per heavy atom. The first-order valence-electron chi connectivity index (χ1n) is 7.64. The molecular weight excluding hydrogens is 389 g/mol. The van der Waals surface area contributed by atoms with Crippen molar-refractivity contribution >= 4 is 45.0 Å². The molecule has 0 aliphatic carbocycles. The smallest absolute Gasteiger partial charge is 0.410 e. The van der Waals surface area contributed by atoms with Crippen molar-refractivity contribution in [3.05, 3.63) is 22.2 Å². The molecule has 1 fully saturated rings. The summed E-state index contributed by atoms with van der Waals surface area (Å²) in [6.07, 6.45) is -0.465. The van der Waals surface area contributed by atoms with Gasteiger partial charge in [-0.3, -0.25) is 0 Å². The summed E-state index contributed by atoms with van der Waals surface area (Å²) in [5.41, 5.74) is 5.29. The topological polar surface area (TPSA) is 92.9 Å². The molecule has 1 aromatic rings. The molecule has 2 rings (SSSR count). The van der Waals surface area contributed by atoms with E-state index < -0.39 is 21.7 Å². The minimum Gasteiger partial charge on any atom is -0.444 e. The van der Waals surface area contributed by atoms with Gasteiger partial charge in [-0.1, -0.05) is 23.2 Å². The Morgan fingerprint density at radius 2 is 1.60 bits per heavy atom. The summed E-state index contributed by atoms with van der Waals surface area (Å²) >= 11 is 12.1. The number of amides is 1. The number of sulfonamides is 1. The van der Waals surface area contributed by atoms with Gasteiger partial charge in [0.25, 0.3) is 0 Å². The van der Waals surface area contributed by atoms with E-state index in [-0.39, 0.29) is 46.8 Å². The third-order valence-corrected chi connectivity index (χ3v) is 6.33. The molecule has 1 saturated heterocycles. The van der Waals surface area contributed by atoms with Crippen LogP contribution in [0.1, 0.15) is 20.8 Å². The van der Waals surface area contributed by atoms with Crippen LogP contribution >= 0.6 is 23.2 Å². The van der Waals surface area contributed by atoms with E-state index >= 15 is 0 Å². The summed E-state index contributed by atoms with van der Waals surface area (Å²) in [6.45, 7) is 6.01. The van der Waals surface area contributed by atoms with E-state index in [0.717, 1.165) is 0 Å². The molecule has 2 N–H and O–H groups in total. The second-order valence-electron chi connectivity index (χ2n) is 6.69. The van der Waals surface area contributed by atoms with Crippen LogP contribution in [0.3, 0.4) is 0 Å². The number of anilines is 1. The highest BCUT2D eigenvalue weighted by atomic mass is 35.5. The minimum atomic E-state index is -3.89. The van der Waals surface area contributed by atoms with Crippen LogP contribution in [-0.2, 0) is 14.8 Å². The van der Waals surface area contributed by atoms with Gasteiger partial charge in [0.15, 0.2) is 0 Å². The van der Waals surface area contributed by atoms with Crippen molar-refractivity contribution in [3.8, 4) is 0 Å². The summed E-state index contributed by atoms with van der Waals surface area (Å²) in [7, 11) is -3.89. The molecule has 1 aliphatic rings. The summed E-state index contributed by atoms with van der Waals surface area (Å²) < 4.78 is 32.2. The van der Waals surface area contributed by atoms with Crippen molar-refractivity contribution in [2.24, 2.45) is 0 Å². The fraction of sp³-hybridized carbons (Fsp3) is 0.533. The lowest BCUT2D eigenvalue weighted by Crippen LogP contribution is -2.51. The predicted molar refractivity (Wildman–Crippen MR) is 97.4 cm³/mol. The van der Waals surface area contributed by atoms with Crippen LogP contribution in [-0.4, -0.2) is 55.5 Å². The molecule has 0 spiro atoms. The number of nitrogens with two attached hydrogens (primary N) is 1. The van der Waals surface area contributed by atoms with Gasteiger partial charge < -0.3 is 15.4 Å². The van der Waals surface area contributed by atoms with E-state index in [1.807, 2.05) is 0 Å².